The Labute approximate surface area is 60.8 Å². The first kappa shape index (κ1) is 6.08. The molecule has 1 fully saturated rings. The minimum atomic E-state index is -0.238. The second kappa shape index (κ2) is 2.19. The predicted molar refractivity (Wildman–Crippen MR) is 37.1 cm³/mol. The molecule has 0 amide bonds. The van der Waals surface area contributed by atoms with E-state index < -0.39 is 0 Å². The van der Waals surface area contributed by atoms with E-state index in [1.807, 2.05) is 0 Å². The summed E-state index contributed by atoms with van der Waals surface area (Å²) >= 11 is 0. The van der Waals surface area contributed by atoms with Gasteiger partial charge >= 0.3 is 0 Å². The van der Waals surface area contributed by atoms with Crippen LogP contribution in [-0.2, 0) is 9.47 Å². The van der Waals surface area contributed by atoms with Crippen molar-refractivity contribution in [2.24, 2.45) is 0 Å². The van der Waals surface area contributed by atoms with Crippen LogP contribution in [0.25, 0.3) is 0 Å². The van der Waals surface area contributed by atoms with Gasteiger partial charge < -0.3 is 9.47 Å². The van der Waals surface area contributed by atoms with Crippen LogP contribution < -0.4 is 0 Å². The van der Waals surface area contributed by atoms with Crippen LogP contribution in [0.15, 0.2) is 12.5 Å². The smallest absolute Gasteiger partial charge is 0.249 e. The summed E-state index contributed by atoms with van der Waals surface area (Å²) < 4.78 is 10.8. The molecule has 0 atom stereocenters. The second-order valence-corrected chi connectivity index (χ2v) is 2.98. The van der Waals surface area contributed by atoms with Gasteiger partial charge in [0.25, 0.3) is 0 Å². The molecule has 2 rings (SSSR count). The molecule has 0 aromatic rings. The van der Waals surface area contributed by atoms with Crippen LogP contribution in [0.2, 0.25) is 0 Å². The third kappa shape index (κ3) is 0.877. The molecule has 1 heterocycles. The van der Waals surface area contributed by atoms with Crippen LogP contribution in [0, 0.1) is 0 Å². The fraction of sp³-hybridized carbons (Fsp3) is 0.750. The summed E-state index contributed by atoms with van der Waals surface area (Å²) in [4.78, 5) is 0. The number of rotatable bonds is 0. The van der Waals surface area contributed by atoms with Gasteiger partial charge in [0.15, 0.2) is 0 Å². The van der Waals surface area contributed by atoms with Gasteiger partial charge in [-0.2, -0.15) is 0 Å². The lowest BCUT2D eigenvalue weighted by atomic mass is 9.94. The monoisotopic (exact) mass is 140 g/mol. The highest BCUT2D eigenvalue weighted by atomic mass is 16.7. The van der Waals surface area contributed by atoms with Crippen molar-refractivity contribution < 1.29 is 9.47 Å². The Morgan fingerprint density at radius 1 is 0.900 bits per heavy atom. The van der Waals surface area contributed by atoms with Gasteiger partial charge in [-0.1, -0.05) is 6.42 Å². The lowest BCUT2D eigenvalue weighted by molar-refractivity contribution is -0.162. The van der Waals surface area contributed by atoms with E-state index in [4.69, 9.17) is 9.47 Å². The van der Waals surface area contributed by atoms with Crippen molar-refractivity contribution >= 4 is 0 Å². The third-order valence-corrected chi connectivity index (χ3v) is 2.24. The third-order valence-electron chi connectivity index (χ3n) is 2.24. The molecule has 1 aliphatic carbocycles. The highest BCUT2D eigenvalue weighted by Crippen LogP contribution is 2.35. The predicted octanol–water partition coefficient (Wildman–Crippen LogP) is 2.16. The van der Waals surface area contributed by atoms with Gasteiger partial charge in [0.05, 0.1) is 0 Å². The second-order valence-electron chi connectivity index (χ2n) is 2.98. The zero-order valence-corrected chi connectivity index (χ0v) is 6.01. The summed E-state index contributed by atoms with van der Waals surface area (Å²) in [7, 11) is 0. The number of hydrogen-bond donors (Lipinski definition) is 0. The molecule has 0 N–H and O–H groups in total. The van der Waals surface area contributed by atoms with Crippen molar-refractivity contribution in [2.45, 2.75) is 37.9 Å². The van der Waals surface area contributed by atoms with E-state index in [-0.39, 0.29) is 5.79 Å². The van der Waals surface area contributed by atoms with Crippen LogP contribution in [0.5, 0.6) is 0 Å². The van der Waals surface area contributed by atoms with Gasteiger partial charge in [0.2, 0.25) is 5.79 Å². The molecule has 2 nitrogen and oxygen atoms in total. The lowest BCUT2D eigenvalue weighted by Crippen LogP contribution is -2.32. The molecule has 1 spiro atoms. The van der Waals surface area contributed by atoms with Crippen LogP contribution in [0.3, 0.4) is 0 Å². The topological polar surface area (TPSA) is 18.5 Å². The molecule has 10 heavy (non-hydrogen) atoms. The highest BCUT2D eigenvalue weighted by molar-refractivity contribution is 4.85. The summed E-state index contributed by atoms with van der Waals surface area (Å²) in [5.74, 6) is -0.238. The van der Waals surface area contributed by atoms with Gasteiger partial charge in [-0.15, -0.1) is 0 Å². The average Bonchev–Trinajstić information content (AvgIpc) is 2.39. The Balaban J connectivity index is 2.00. The highest BCUT2D eigenvalue weighted by Gasteiger charge is 2.36. The molecule has 1 saturated carbocycles. The van der Waals surface area contributed by atoms with Crippen molar-refractivity contribution in [2.75, 3.05) is 0 Å². The van der Waals surface area contributed by atoms with E-state index in [0.717, 1.165) is 12.8 Å². The van der Waals surface area contributed by atoms with Crippen LogP contribution in [-0.4, -0.2) is 5.79 Å². The molecule has 2 heteroatoms. The molecule has 0 aromatic heterocycles. The summed E-state index contributed by atoms with van der Waals surface area (Å²) in [5, 5.41) is 0. The molecule has 1 aliphatic heterocycles. The van der Waals surface area contributed by atoms with Crippen LogP contribution in [0.1, 0.15) is 32.1 Å². The maximum Gasteiger partial charge on any atom is 0.249 e. The standard InChI is InChI=1S/C8H12O2/c1-2-4-8(5-3-1)9-6-7-10-8/h6-7H,1-5H2. The molecule has 0 saturated heterocycles. The zero-order valence-electron chi connectivity index (χ0n) is 6.01. The Hall–Kier alpha value is -0.660. The van der Waals surface area contributed by atoms with E-state index in [9.17, 15) is 0 Å². The van der Waals surface area contributed by atoms with Gasteiger partial charge in [-0.3, -0.25) is 0 Å². The van der Waals surface area contributed by atoms with Crippen LogP contribution >= 0.6 is 0 Å². The first-order chi connectivity index (χ1) is 4.91. The van der Waals surface area contributed by atoms with Gasteiger partial charge in [-0.05, 0) is 12.8 Å². The SMILES string of the molecule is C1=COC2(CCCCC2)O1. The van der Waals surface area contributed by atoms with Crippen LogP contribution in [0.4, 0.5) is 0 Å². The number of ether oxygens (including phenoxy) is 2. The van der Waals surface area contributed by atoms with E-state index in [2.05, 4.69) is 0 Å². The fourth-order valence-electron chi connectivity index (χ4n) is 1.66. The molecule has 0 bridgehead atoms. The summed E-state index contributed by atoms with van der Waals surface area (Å²) in [6.07, 6.45) is 9.23. The van der Waals surface area contributed by atoms with Crippen molar-refractivity contribution in [3.05, 3.63) is 12.5 Å². The van der Waals surface area contributed by atoms with Crippen molar-refractivity contribution in [3.63, 3.8) is 0 Å². The van der Waals surface area contributed by atoms with Crippen molar-refractivity contribution in [1.29, 1.82) is 0 Å². The summed E-state index contributed by atoms with van der Waals surface area (Å²) in [6.45, 7) is 0. The van der Waals surface area contributed by atoms with Crippen molar-refractivity contribution in [3.8, 4) is 0 Å². The molecular weight excluding hydrogens is 128 g/mol. The summed E-state index contributed by atoms with van der Waals surface area (Å²) in [5.41, 5.74) is 0. The first-order valence-corrected chi connectivity index (χ1v) is 3.92. The normalized spacial score (nSPS) is 28.0. The number of hydrogen-bond acceptors (Lipinski definition) is 2. The van der Waals surface area contributed by atoms with Gasteiger partial charge in [0.1, 0.15) is 12.5 Å². The van der Waals surface area contributed by atoms with E-state index in [1.54, 1.807) is 12.5 Å². The Morgan fingerprint density at radius 2 is 1.50 bits per heavy atom. The molecule has 0 radical (unpaired) electrons. The quantitative estimate of drug-likeness (QED) is 0.513. The van der Waals surface area contributed by atoms with E-state index >= 15 is 0 Å². The molecule has 0 aromatic carbocycles. The van der Waals surface area contributed by atoms with E-state index in [1.165, 1.54) is 19.3 Å². The first-order valence-electron chi connectivity index (χ1n) is 3.92. The molecule has 2 aliphatic rings. The van der Waals surface area contributed by atoms with E-state index in [0.29, 0.717) is 0 Å². The molecule has 0 unspecified atom stereocenters. The lowest BCUT2D eigenvalue weighted by Gasteiger charge is -2.30. The Kier molecular flexibility index (Phi) is 1.33. The minimum Gasteiger partial charge on any atom is -0.457 e. The zero-order chi connectivity index (χ0) is 6.86. The Morgan fingerprint density at radius 3 is 2.10 bits per heavy atom. The largest absolute Gasteiger partial charge is 0.457 e. The van der Waals surface area contributed by atoms with Gasteiger partial charge in [0, 0.05) is 12.8 Å². The van der Waals surface area contributed by atoms with Gasteiger partial charge in [-0.25, -0.2) is 0 Å². The fourth-order valence-corrected chi connectivity index (χ4v) is 1.66. The van der Waals surface area contributed by atoms with Crippen molar-refractivity contribution in [1.82, 2.24) is 0 Å². The minimum absolute atomic E-state index is 0.238. The Bertz CT molecular complexity index is 135. The average molecular weight is 140 g/mol. The summed E-state index contributed by atoms with van der Waals surface area (Å²) in [6, 6.07) is 0. The maximum absolute atomic E-state index is 5.38. The maximum atomic E-state index is 5.38. The molecule has 56 valence electrons. The molecular formula is C8H12O2.